The number of aliphatic hydroxyl groups excluding tert-OH is 1. The molecule has 0 radical (unpaired) electrons. The number of carbonyl (C=O) groups is 5. The average Bonchev–Trinajstić information content (AvgIpc) is 3.16. The number of rotatable bonds is 40. The number of quaternary nitrogens is 2. The van der Waals surface area contributed by atoms with Gasteiger partial charge < -0.3 is 38.9 Å². The van der Waals surface area contributed by atoms with Crippen molar-refractivity contribution in [2.45, 2.75) is 181 Å². The van der Waals surface area contributed by atoms with Gasteiger partial charge in [-0.3, -0.25) is 19.2 Å². The molecule has 0 fully saturated rings. The molecule has 0 aromatic carbocycles. The molecule has 0 saturated carbocycles. The number of hydrogen-bond donors (Lipinski definition) is 3. The molecule has 0 aliphatic carbocycles. The van der Waals surface area contributed by atoms with Gasteiger partial charge in [0.15, 0.2) is 6.54 Å². The van der Waals surface area contributed by atoms with E-state index >= 15 is 0 Å². The summed E-state index contributed by atoms with van der Waals surface area (Å²) in [5.41, 5.74) is 0. The van der Waals surface area contributed by atoms with Crippen molar-refractivity contribution >= 4 is 29.7 Å². The minimum atomic E-state index is -0.750. The number of ether oxygens (including phenoxy) is 3. The minimum absolute atomic E-state index is 0.0896. The van der Waals surface area contributed by atoms with E-state index in [4.69, 9.17) is 14.2 Å². The molecule has 0 bridgehead atoms. The first-order valence-corrected chi connectivity index (χ1v) is 23.5. The maximum Gasteiger partial charge on any atom is 0.362 e. The first-order valence-electron chi connectivity index (χ1n) is 23.5. The highest BCUT2D eigenvalue weighted by molar-refractivity contribution is 5.76. The van der Waals surface area contributed by atoms with Gasteiger partial charge in [-0.2, -0.15) is 0 Å². The van der Waals surface area contributed by atoms with Crippen LogP contribution in [0.1, 0.15) is 168 Å². The molecule has 3 N–H and O–H groups in total. The standard InChI is InChI=1S/C47H88N4O9/c1-8-9-24-30-44(60-47(57)40-51(6,7)37-39-59-42(3)53)43(54)29-25-20-16-12-13-17-21-26-31-45(55)48-33-27-22-18-14-10-11-15-19-23-28-34-49-46(56)32-35-50(4,5)36-38-58-41(2)52/h20,25,43-44,54H,8-19,21-24,26-40H2,1-7H3/p+2/b25-20-. The van der Waals surface area contributed by atoms with Crippen molar-refractivity contribution < 1.29 is 52.3 Å². The summed E-state index contributed by atoms with van der Waals surface area (Å²) in [6.45, 7) is 9.06. The summed E-state index contributed by atoms with van der Waals surface area (Å²) >= 11 is 0. The molecule has 0 heterocycles. The van der Waals surface area contributed by atoms with Gasteiger partial charge in [-0.05, 0) is 51.4 Å². The molecule has 13 heteroatoms. The zero-order valence-corrected chi connectivity index (χ0v) is 39.3. The number of hydrogen-bond acceptors (Lipinski definition) is 9. The Kier molecular flexibility index (Phi) is 34.8. The highest BCUT2D eigenvalue weighted by Gasteiger charge is 2.27. The first kappa shape index (κ1) is 57.0. The lowest BCUT2D eigenvalue weighted by atomic mass is 10.0. The Hall–Kier alpha value is -3.03. The largest absolute Gasteiger partial charge is 0.460 e. The molecule has 0 aliphatic heterocycles. The van der Waals surface area contributed by atoms with Crippen LogP contribution in [-0.4, -0.2) is 137 Å². The van der Waals surface area contributed by atoms with E-state index in [0.717, 1.165) is 103 Å². The van der Waals surface area contributed by atoms with Crippen LogP contribution >= 0.6 is 0 Å². The summed E-state index contributed by atoms with van der Waals surface area (Å²) in [6.07, 6.45) is 25.9. The molecule has 2 atom stereocenters. The smallest absolute Gasteiger partial charge is 0.362 e. The molecule has 0 aromatic heterocycles. The molecule has 0 aliphatic rings. The number of esters is 3. The lowest BCUT2D eigenvalue weighted by Gasteiger charge is -2.30. The fraction of sp³-hybridized carbons (Fsp3) is 0.851. The highest BCUT2D eigenvalue weighted by atomic mass is 16.6. The van der Waals surface area contributed by atoms with Crippen molar-refractivity contribution in [1.82, 2.24) is 10.6 Å². The molecule has 0 spiro atoms. The number of carbonyl (C=O) groups excluding carboxylic acids is 5. The fourth-order valence-corrected chi connectivity index (χ4v) is 6.83. The van der Waals surface area contributed by atoms with Gasteiger partial charge in [0.05, 0.1) is 47.3 Å². The molecule has 13 nitrogen and oxygen atoms in total. The topological polar surface area (TPSA) is 157 Å². The van der Waals surface area contributed by atoms with Crippen LogP contribution in [-0.2, 0) is 38.2 Å². The summed E-state index contributed by atoms with van der Waals surface area (Å²) in [5.74, 6) is -0.717. The van der Waals surface area contributed by atoms with Crippen molar-refractivity contribution in [3.63, 3.8) is 0 Å². The predicted octanol–water partition coefficient (Wildman–Crippen LogP) is 7.32. The first-order chi connectivity index (χ1) is 28.6. The van der Waals surface area contributed by atoms with Gasteiger partial charge in [-0.15, -0.1) is 0 Å². The second-order valence-electron chi connectivity index (χ2n) is 18.0. The summed E-state index contributed by atoms with van der Waals surface area (Å²) < 4.78 is 16.8. The third-order valence-electron chi connectivity index (χ3n) is 10.9. The SMILES string of the molecule is CCCCCC(OC(=O)C[N+](C)(C)CCOC(C)=O)C(O)C/C=C\CCCCCCCC(=O)NCCCCCCCCCCCCNC(=O)CC[N+](C)(C)CCOC(C)=O. The van der Waals surface area contributed by atoms with Crippen molar-refractivity contribution in [3.05, 3.63) is 12.2 Å². The summed E-state index contributed by atoms with van der Waals surface area (Å²) in [4.78, 5) is 59.1. The quantitative estimate of drug-likeness (QED) is 0.0189. The third-order valence-corrected chi connectivity index (χ3v) is 10.9. The minimum Gasteiger partial charge on any atom is -0.460 e. The molecule has 2 unspecified atom stereocenters. The van der Waals surface area contributed by atoms with E-state index < -0.39 is 12.2 Å². The number of allylic oxidation sites excluding steroid dienone is 1. The highest BCUT2D eigenvalue weighted by Crippen LogP contribution is 2.16. The van der Waals surface area contributed by atoms with Gasteiger partial charge in [0.1, 0.15) is 32.4 Å². The zero-order chi connectivity index (χ0) is 44.9. The molecule has 60 heavy (non-hydrogen) atoms. The van der Waals surface area contributed by atoms with Gasteiger partial charge in [0.25, 0.3) is 0 Å². The van der Waals surface area contributed by atoms with Crippen LogP contribution in [0.25, 0.3) is 0 Å². The van der Waals surface area contributed by atoms with E-state index in [1.165, 1.54) is 52.4 Å². The van der Waals surface area contributed by atoms with Crippen molar-refractivity contribution in [1.29, 1.82) is 0 Å². The maximum atomic E-state index is 12.7. The Labute approximate surface area is 365 Å². The Morgan fingerprint density at radius 3 is 1.60 bits per heavy atom. The molecular formula is C47H90N4O9+2. The Balaban J connectivity index is 3.82. The summed E-state index contributed by atoms with van der Waals surface area (Å²) in [7, 11) is 7.87. The normalized spacial score (nSPS) is 12.9. The van der Waals surface area contributed by atoms with E-state index in [2.05, 4.69) is 23.6 Å². The van der Waals surface area contributed by atoms with Gasteiger partial charge in [-0.1, -0.05) is 103 Å². The van der Waals surface area contributed by atoms with Crippen LogP contribution < -0.4 is 10.6 Å². The molecule has 0 aromatic rings. The van der Waals surface area contributed by atoms with Crippen LogP contribution in [0, 0.1) is 0 Å². The average molecular weight is 855 g/mol. The number of aliphatic hydroxyl groups is 1. The molecule has 2 amide bonds. The molecule has 350 valence electrons. The summed E-state index contributed by atoms with van der Waals surface area (Å²) in [6, 6.07) is 0. The second-order valence-corrected chi connectivity index (χ2v) is 18.0. The number of nitrogens with zero attached hydrogens (tertiary/aromatic N) is 2. The van der Waals surface area contributed by atoms with E-state index in [1.807, 2.05) is 34.3 Å². The van der Waals surface area contributed by atoms with E-state index in [-0.39, 0.29) is 42.9 Å². The Morgan fingerprint density at radius 1 is 0.583 bits per heavy atom. The number of unbranched alkanes of at least 4 members (excludes halogenated alkanes) is 16. The second kappa shape index (κ2) is 36.6. The van der Waals surface area contributed by atoms with Crippen molar-refractivity contribution in [3.8, 4) is 0 Å². The lowest BCUT2D eigenvalue weighted by molar-refractivity contribution is -0.889. The molecule has 0 saturated heterocycles. The van der Waals surface area contributed by atoms with E-state index in [9.17, 15) is 29.1 Å². The van der Waals surface area contributed by atoms with Crippen LogP contribution in [0.15, 0.2) is 12.2 Å². The maximum absolute atomic E-state index is 12.7. The van der Waals surface area contributed by atoms with Crippen LogP contribution in [0.3, 0.4) is 0 Å². The van der Waals surface area contributed by atoms with Crippen molar-refractivity contribution in [2.24, 2.45) is 0 Å². The van der Waals surface area contributed by atoms with E-state index in [0.29, 0.717) is 54.3 Å². The number of nitrogens with one attached hydrogen (secondary N) is 2. The van der Waals surface area contributed by atoms with Gasteiger partial charge in [0, 0.05) is 33.4 Å². The number of amides is 2. The Bertz CT molecular complexity index is 1180. The van der Waals surface area contributed by atoms with Crippen LogP contribution in [0.2, 0.25) is 0 Å². The van der Waals surface area contributed by atoms with E-state index in [1.54, 1.807) is 0 Å². The van der Waals surface area contributed by atoms with Gasteiger partial charge >= 0.3 is 17.9 Å². The van der Waals surface area contributed by atoms with Gasteiger partial charge in [-0.25, -0.2) is 4.79 Å². The Morgan fingerprint density at radius 2 is 1.07 bits per heavy atom. The number of likely N-dealkylation sites (N-methyl/N-ethyl adjacent to an activating group) is 2. The predicted molar refractivity (Wildman–Crippen MR) is 240 cm³/mol. The fourth-order valence-electron chi connectivity index (χ4n) is 6.83. The molecule has 0 rings (SSSR count). The van der Waals surface area contributed by atoms with Crippen molar-refractivity contribution in [2.75, 3.05) is 80.7 Å². The monoisotopic (exact) mass is 855 g/mol. The summed E-state index contributed by atoms with van der Waals surface area (Å²) in [5, 5.41) is 17.0. The molecular weight excluding hydrogens is 765 g/mol. The van der Waals surface area contributed by atoms with Gasteiger partial charge in [0.2, 0.25) is 11.8 Å². The lowest BCUT2D eigenvalue weighted by Crippen LogP contribution is -2.47. The van der Waals surface area contributed by atoms with Crippen LogP contribution in [0.5, 0.6) is 0 Å². The third kappa shape index (κ3) is 37.9. The van der Waals surface area contributed by atoms with Crippen LogP contribution in [0.4, 0.5) is 0 Å². The zero-order valence-electron chi connectivity index (χ0n) is 39.3.